The van der Waals surface area contributed by atoms with Crippen LogP contribution in [-0.2, 0) is 0 Å². The van der Waals surface area contributed by atoms with Crippen molar-refractivity contribution in [1.29, 1.82) is 0 Å². The van der Waals surface area contributed by atoms with Crippen molar-refractivity contribution in [2.45, 2.75) is 58.0 Å². The van der Waals surface area contributed by atoms with Gasteiger partial charge in [0.1, 0.15) is 4.83 Å². The van der Waals surface area contributed by atoms with Crippen LogP contribution in [-0.4, -0.2) is 19.7 Å². The van der Waals surface area contributed by atoms with Gasteiger partial charge in [-0.2, -0.15) is 0 Å². The largest absolute Gasteiger partial charge is 0.419 e. The molecule has 0 bridgehead atoms. The summed E-state index contributed by atoms with van der Waals surface area (Å²) in [6.07, 6.45) is 0. The zero-order valence-electron chi connectivity index (χ0n) is 17.9. The van der Waals surface area contributed by atoms with Crippen LogP contribution in [0.2, 0.25) is 0 Å². The first kappa shape index (κ1) is 20.8. The van der Waals surface area contributed by atoms with Crippen LogP contribution in [0.15, 0.2) is 38.6 Å². The number of fused-ring (bicyclic) bond motifs is 1. The Bertz CT molecular complexity index is 1270. The van der Waals surface area contributed by atoms with Crippen LogP contribution >= 0.6 is 23.1 Å². The Balaban J connectivity index is 1.69. The summed E-state index contributed by atoms with van der Waals surface area (Å²) in [6, 6.07) is 7.97. The van der Waals surface area contributed by atoms with E-state index in [2.05, 4.69) is 10.2 Å². The number of thioether (sulfide) groups is 1. The second kappa shape index (κ2) is 8.00. The molecule has 30 heavy (non-hydrogen) atoms. The lowest BCUT2D eigenvalue weighted by Crippen LogP contribution is -2.25. The fourth-order valence-electron chi connectivity index (χ4n) is 3.25. The number of aromatic nitrogens is 4. The number of rotatable bonds is 5. The maximum Gasteiger partial charge on any atom is 0.263 e. The third-order valence-electron chi connectivity index (χ3n) is 5.09. The third-order valence-corrected chi connectivity index (χ3v) is 7.24. The van der Waals surface area contributed by atoms with Crippen molar-refractivity contribution in [3.05, 3.63) is 56.5 Å². The number of aryl methyl sites for hydroxylation is 3. The van der Waals surface area contributed by atoms with E-state index >= 15 is 0 Å². The molecule has 0 aliphatic heterocycles. The van der Waals surface area contributed by atoms with E-state index in [9.17, 15) is 4.79 Å². The summed E-state index contributed by atoms with van der Waals surface area (Å²) >= 11 is 3.03. The zero-order chi connectivity index (χ0) is 21.6. The lowest BCUT2D eigenvalue weighted by molar-refractivity contribution is 0.502. The summed E-state index contributed by atoms with van der Waals surface area (Å²) in [5, 5.41) is 9.69. The highest BCUT2D eigenvalue weighted by molar-refractivity contribution is 7.99. The minimum absolute atomic E-state index is 0.00508. The fourth-order valence-corrected chi connectivity index (χ4v) is 5.39. The van der Waals surface area contributed by atoms with E-state index in [1.165, 1.54) is 17.3 Å². The van der Waals surface area contributed by atoms with E-state index in [1.54, 1.807) is 15.9 Å². The molecule has 1 unspecified atom stereocenters. The van der Waals surface area contributed by atoms with E-state index in [0.29, 0.717) is 16.9 Å². The van der Waals surface area contributed by atoms with Crippen LogP contribution in [0.1, 0.15) is 54.0 Å². The smallest absolute Gasteiger partial charge is 0.263 e. The van der Waals surface area contributed by atoms with Crippen molar-refractivity contribution >= 4 is 33.3 Å². The second-order valence-electron chi connectivity index (χ2n) is 7.70. The molecule has 0 radical (unpaired) electrons. The molecule has 0 saturated heterocycles. The molecule has 0 saturated carbocycles. The van der Waals surface area contributed by atoms with Gasteiger partial charge in [0.05, 0.1) is 10.6 Å². The van der Waals surface area contributed by atoms with Gasteiger partial charge in [0, 0.05) is 16.5 Å². The first-order valence-electron chi connectivity index (χ1n) is 9.85. The molecule has 0 amide bonds. The summed E-state index contributed by atoms with van der Waals surface area (Å²) in [5.74, 6) is 1.00. The summed E-state index contributed by atoms with van der Waals surface area (Å²) in [7, 11) is 0. The molecule has 3 aromatic heterocycles. The molecular formula is C22H24N4O2S2. The van der Waals surface area contributed by atoms with Crippen LogP contribution in [0, 0.1) is 20.8 Å². The van der Waals surface area contributed by atoms with Crippen LogP contribution in [0.5, 0.6) is 0 Å². The van der Waals surface area contributed by atoms with Gasteiger partial charge in [0.25, 0.3) is 5.56 Å². The van der Waals surface area contributed by atoms with E-state index in [-0.39, 0.29) is 16.9 Å². The van der Waals surface area contributed by atoms with E-state index in [1.807, 2.05) is 65.8 Å². The molecule has 0 N–H and O–H groups in total. The number of nitrogens with zero attached hydrogens (tertiary/aromatic N) is 4. The molecule has 1 aromatic carbocycles. The molecule has 1 atom stereocenters. The molecule has 0 aliphatic carbocycles. The Hall–Kier alpha value is -2.45. The van der Waals surface area contributed by atoms with Crippen LogP contribution in [0.3, 0.4) is 0 Å². The van der Waals surface area contributed by atoms with Gasteiger partial charge >= 0.3 is 0 Å². The van der Waals surface area contributed by atoms with Crippen LogP contribution < -0.4 is 5.56 Å². The minimum Gasteiger partial charge on any atom is -0.419 e. The van der Waals surface area contributed by atoms with Crippen molar-refractivity contribution in [3.8, 4) is 11.5 Å². The normalized spacial score (nSPS) is 12.8. The first-order valence-corrected chi connectivity index (χ1v) is 11.5. The Morgan fingerprint density at radius 2 is 1.77 bits per heavy atom. The van der Waals surface area contributed by atoms with Crippen LogP contribution in [0.4, 0.5) is 0 Å². The standard InChI is InChI=1S/C22H24N4O2S2/c1-11(2)26-21(27)17-13(4)14(5)29-20(17)23-22(26)30-15(6)18-24-25-19(28-18)16-9-7-12(3)8-10-16/h7-11,15H,1-6H3. The predicted octanol–water partition coefficient (Wildman–Crippen LogP) is 5.87. The number of hydrogen-bond acceptors (Lipinski definition) is 7. The molecule has 8 heteroatoms. The van der Waals surface area contributed by atoms with Gasteiger partial charge in [0.2, 0.25) is 11.8 Å². The topological polar surface area (TPSA) is 73.8 Å². The van der Waals surface area contributed by atoms with Gasteiger partial charge in [0.15, 0.2) is 5.16 Å². The van der Waals surface area contributed by atoms with Crippen molar-refractivity contribution < 1.29 is 4.42 Å². The van der Waals surface area contributed by atoms with Gasteiger partial charge in [-0.25, -0.2) is 4.98 Å². The summed E-state index contributed by atoms with van der Waals surface area (Å²) in [6.45, 7) is 12.0. The van der Waals surface area contributed by atoms with E-state index in [4.69, 9.17) is 9.40 Å². The molecule has 0 fully saturated rings. The van der Waals surface area contributed by atoms with Gasteiger partial charge < -0.3 is 4.42 Å². The van der Waals surface area contributed by atoms with Gasteiger partial charge in [-0.3, -0.25) is 9.36 Å². The highest BCUT2D eigenvalue weighted by Gasteiger charge is 2.23. The summed E-state index contributed by atoms with van der Waals surface area (Å²) in [4.78, 5) is 20.0. The van der Waals surface area contributed by atoms with Crippen molar-refractivity contribution in [2.24, 2.45) is 0 Å². The Morgan fingerprint density at radius 3 is 2.43 bits per heavy atom. The number of benzene rings is 1. The minimum atomic E-state index is -0.145. The summed E-state index contributed by atoms with van der Waals surface area (Å²) in [5.41, 5.74) is 3.10. The van der Waals surface area contributed by atoms with E-state index < -0.39 is 0 Å². The second-order valence-corrected chi connectivity index (χ2v) is 10.2. The van der Waals surface area contributed by atoms with Crippen molar-refractivity contribution in [1.82, 2.24) is 19.7 Å². The average molecular weight is 441 g/mol. The maximum atomic E-state index is 13.2. The fraction of sp³-hybridized carbons (Fsp3) is 0.364. The predicted molar refractivity (Wildman–Crippen MR) is 122 cm³/mol. The number of thiophene rings is 1. The van der Waals surface area contributed by atoms with Gasteiger partial charge in [-0.1, -0.05) is 29.5 Å². The average Bonchev–Trinajstić information content (AvgIpc) is 3.28. The molecule has 156 valence electrons. The quantitative estimate of drug-likeness (QED) is 0.285. The molecule has 6 nitrogen and oxygen atoms in total. The molecule has 4 rings (SSSR count). The molecule has 4 aromatic rings. The molecule has 0 aliphatic rings. The SMILES string of the molecule is Cc1ccc(-c2nnc(C(C)Sc3nc4sc(C)c(C)c4c(=O)n3C(C)C)o2)cc1. The highest BCUT2D eigenvalue weighted by atomic mass is 32.2. The van der Waals surface area contributed by atoms with Crippen molar-refractivity contribution in [3.63, 3.8) is 0 Å². The lowest BCUT2D eigenvalue weighted by atomic mass is 10.1. The molecule has 3 heterocycles. The third kappa shape index (κ3) is 3.70. The Kier molecular flexibility index (Phi) is 5.55. The van der Waals surface area contributed by atoms with E-state index in [0.717, 1.165) is 26.2 Å². The van der Waals surface area contributed by atoms with Crippen LogP contribution in [0.25, 0.3) is 21.7 Å². The monoisotopic (exact) mass is 440 g/mol. The maximum absolute atomic E-state index is 13.2. The molecular weight excluding hydrogens is 416 g/mol. The van der Waals surface area contributed by atoms with Crippen molar-refractivity contribution in [2.75, 3.05) is 0 Å². The Labute approximate surface area is 183 Å². The van der Waals surface area contributed by atoms with Gasteiger partial charge in [-0.15, -0.1) is 21.5 Å². The highest BCUT2D eigenvalue weighted by Crippen LogP contribution is 2.36. The first-order chi connectivity index (χ1) is 14.3. The summed E-state index contributed by atoms with van der Waals surface area (Å²) < 4.78 is 7.69. The molecule has 0 spiro atoms. The van der Waals surface area contributed by atoms with Gasteiger partial charge in [-0.05, 0) is 59.2 Å². The Morgan fingerprint density at radius 1 is 1.07 bits per heavy atom. The number of hydrogen-bond donors (Lipinski definition) is 0. The zero-order valence-corrected chi connectivity index (χ0v) is 19.5. The lowest BCUT2D eigenvalue weighted by Gasteiger charge is -2.16.